The number of fused-ring (bicyclic) bond motifs is 1. The molecule has 0 fully saturated rings. The molecule has 2 atom stereocenters. The molecule has 0 N–H and O–H groups in total. The summed E-state index contributed by atoms with van der Waals surface area (Å²) < 4.78 is 0. The molecule has 1 aliphatic rings. The molecule has 1 aromatic rings. The SMILES string of the molecule is C=C/C=C(/C)C(=CC)C1(C)CC(C)(C)C(C)c2ccccc21. The van der Waals surface area contributed by atoms with Crippen LogP contribution in [0.15, 0.2) is 60.2 Å². The van der Waals surface area contributed by atoms with Crippen LogP contribution in [0.25, 0.3) is 0 Å². The van der Waals surface area contributed by atoms with Crippen LogP contribution in [0.2, 0.25) is 0 Å². The van der Waals surface area contributed by atoms with E-state index in [1.165, 1.54) is 28.7 Å². The van der Waals surface area contributed by atoms with Gasteiger partial charge in [0, 0.05) is 5.41 Å². The van der Waals surface area contributed by atoms with Gasteiger partial charge in [0.25, 0.3) is 0 Å². The zero-order chi connectivity index (χ0) is 16.5. The summed E-state index contributed by atoms with van der Waals surface area (Å²) in [6, 6.07) is 9.01. The van der Waals surface area contributed by atoms with E-state index >= 15 is 0 Å². The van der Waals surface area contributed by atoms with Crippen molar-refractivity contribution < 1.29 is 0 Å². The minimum absolute atomic E-state index is 0.0605. The Morgan fingerprint density at radius 2 is 1.86 bits per heavy atom. The second-order valence-electron chi connectivity index (χ2n) is 7.59. The summed E-state index contributed by atoms with van der Waals surface area (Å²) in [7, 11) is 0. The van der Waals surface area contributed by atoms with E-state index in [0.29, 0.717) is 5.92 Å². The molecule has 1 aliphatic carbocycles. The van der Waals surface area contributed by atoms with Gasteiger partial charge in [-0.2, -0.15) is 0 Å². The normalized spacial score (nSPS) is 28.2. The fourth-order valence-electron chi connectivity index (χ4n) is 4.45. The van der Waals surface area contributed by atoms with Gasteiger partial charge < -0.3 is 0 Å². The lowest BCUT2D eigenvalue weighted by Gasteiger charge is -2.49. The highest BCUT2D eigenvalue weighted by Gasteiger charge is 2.46. The first-order chi connectivity index (χ1) is 10.3. The molecule has 2 unspecified atom stereocenters. The minimum Gasteiger partial charge on any atom is -0.0991 e. The molecule has 0 aromatic heterocycles. The number of benzene rings is 1. The molecule has 118 valence electrons. The van der Waals surface area contributed by atoms with Gasteiger partial charge in [-0.25, -0.2) is 0 Å². The smallest absolute Gasteiger partial charge is 0.0182 e. The first-order valence-electron chi connectivity index (χ1n) is 8.34. The standard InChI is InChI=1S/C22H30/c1-8-12-16(3)19(9-2)22(7)15-21(5,6)17(4)18-13-10-11-14-20(18)22/h8-14,17H,1,15H2,2-7H3/b16-12-,19-9?. The van der Waals surface area contributed by atoms with Crippen molar-refractivity contribution in [2.24, 2.45) is 5.41 Å². The highest BCUT2D eigenvalue weighted by atomic mass is 14.5. The van der Waals surface area contributed by atoms with Gasteiger partial charge in [0.1, 0.15) is 0 Å². The first-order valence-corrected chi connectivity index (χ1v) is 8.34. The van der Waals surface area contributed by atoms with Gasteiger partial charge >= 0.3 is 0 Å². The van der Waals surface area contributed by atoms with Crippen LogP contribution in [0, 0.1) is 5.41 Å². The summed E-state index contributed by atoms with van der Waals surface area (Å²) in [5.41, 5.74) is 6.09. The Hall–Kier alpha value is -1.56. The van der Waals surface area contributed by atoms with E-state index in [0.717, 1.165) is 0 Å². The average molecular weight is 294 g/mol. The van der Waals surface area contributed by atoms with Crippen molar-refractivity contribution >= 4 is 0 Å². The quantitative estimate of drug-likeness (QED) is 0.554. The number of hydrogen-bond acceptors (Lipinski definition) is 0. The van der Waals surface area contributed by atoms with Crippen LogP contribution in [0.5, 0.6) is 0 Å². The molecule has 0 bridgehead atoms. The van der Waals surface area contributed by atoms with Gasteiger partial charge in [0.05, 0.1) is 0 Å². The lowest BCUT2D eigenvalue weighted by molar-refractivity contribution is 0.201. The van der Waals surface area contributed by atoms with Gasteiger partial charge in [0.2, 0.25) is 0 Å². The molecule has 0 amide bonds. The Bertz CT molecular complexity index is 627. The molecule has 0 spiro atoms. The Labute approximate surface area is 136 Å². The second kappa shape index (κ2) is 5.91. The van der Waals surface area contributed by atoms with E-state index in [1.54, 1.807) is 0 Å². The summed E-state index contributed by atoms with van der Waals surface area (Å²) in [5, 5.41) is 0. The van der Waals surface area contributed by atoms with Crippen molar-refractivity contribution in [3.8, 4) is 0 Å². The third-order valence-electron chi connectivity index (χ3n) is 5.68. The maximum atomic E-state index is 3.87. The van der Waals surface area contributed by atoms with E-state index in [4.69, 9.17) is 0 Å². The van der Waals surface area contributed by atoms with Crippen molar-refractivity contribution in [1.82, 2.24) is 0 Å². The van der Waals surface area contributed by atoms with Crippen molar-refractivity contribution in [3.05, 3.63) is 71.3 Å². The van der Waals surface area contributed by atoms with Gasteiger partial charge in [-0.1, -0.05) is 76.8 Å². The predicted octanol–water partition coefficient (Wildman–Crippen LogP) is 6.56. The molecular formula is C22H30. The summed E-state index contributed by atoms with van der Waals surface area (Å²) in [4.78, 5) is 0. The van der Waals surface area contributed by atoms with Crippen molar-refractivity contribution in [3.63, 3.8) is 0 Å². The molecule has 1 aromatic carbocycles. The average Bonchev–Trinajstić information content (AvgIpc) is 2.45. The third-order valence-corrected chi connectivity index (χ3v) is 5.68. The number of hydrogen-bond donors (Lipinski definition) is 0. The van der Waals surface area contributed by atoms with E-state index in [-0.39, 0.29) is 10.8 Å². The molecular weight excluding hydrogens is 264 g/mol. The van der Waals surface area contributed by atoms with E-state index in [9.17, 15) is 0 Å². The second-order valence-corrected chi connectivity index (χ2v) is 7.59. The topological polar surface area (TPSA) is 0 Å². The van der Waals surface area contributed by atoms with Crippen LogP contribution >= 0.6 is 0 Å². The highest BCUT2D eigenvalue weighted by Crippen LogP contribution is 2.55. The maximum Gasteiger partial charge on any atom is 0.0182 e. The molecule has 22 heavy (non-hydrogen) atoms. The molecule has 0 heteroatoms. The lowest BCUT2D eigenvalue weighted by atomic mass is 9.54. The van der Waals surface area contributed by atoms with Crippen LogP contribution in [-0.2, 0) is 5.41 Å². The van der Waals surface area contributed by atoms with Crippen LogP contribution in [-0.4, -0.2) is 0 Å². The Morgan fingerprint density at radius 3 is 2.45 bits per heavy atom. The highest BCUT2D eigenvalue weighted by molar-refractivity contribution is 5.52. The zero-order valence-corrected chi connectivity index (χ0v) is 15.0. The number of rotatable bonds is 3. The van der Waals surface area contributed by atoms with E-state index in [2.05, 4.69) is 84.5 Å². The molecule has 0 saturated carbocycles. The van der Waals surface area contributed by atoms with Gasteiger partial charge in [-0.15, -0.1) is 0 Å². The fraction of sp³-hybridized carbons (Fsp3) is 0.455. The molecule has 2 rings (SSSR count). The largest absolute Gasteiger partial charge is 0.0991 e. The van der Waals surface area contributed by atoms with E-state index < -0.39 is 0 Å². The van der Waals surface area contributed by atoms with Crippen LogP contribution in [0.4, 0.5) is 0 Å². The lowest BCUT2D eigenvalue weighted by Crippen LogP contribution is -2.40. The van der Waals surface area contributed by atoms with Crippen LogP contribution in [0.3, 0.4) is 0 Å². The Kier molecular flexibility index (Phi) is 4.52. The Morgan fingerprint density at radius 1 is 1.23 bits per heavy atom. The number of allylic oxidation sites excluding steroid dienone is 5. The molecule has 0 aliphatic heterocycles. The van der Waals surface area contributed by atoms with E-state index in [1.807, 2.05) is 6.08 Å². The monoisotopic (exact) mass is 294 g/mol. The molecule has 0 heterocycles. The van der Waals surface area contributed by atoms with Gasteiger partial charge in [0.15, 0.2) is 0 Å². The van der Waals surface area contributed by atoms with Crippen molar-refractivity contribution in [2.75, 3.05) is 0 Å². The predicted molar refractivity (Wildman–Crippen MR) is 98.3 cm³/mol. The summed E-state index contributed by atoms with van der Waals surface area (Å²) in [6.45, 7) is 17.8. The van der Waals surface area contributed by atoms with Crippen molar-refractivity contribution in [2.45, 2.75) is 59.3 Å². The van der Waals surface area contributed by atoms with Gasteiger partial charge in [-0.05, 0) is 53.9 Å². The maximum absolute atomic E-state index is 3.87. The summed E-state index contributed by atoms with van der Waals surface area (Å²) in [6.07, 6.45) is 7.48. The van der Waals surface area contributed by atoms with Gasteiger partial charge in [-0.3, -0.25) is 0 Å². The van der Waals surface area contributed by atoms with Crippen LogP contribution in [0.1, 0.15) is 65.0 Å². The minimum atomic E-state index is 0.0605. The Balaban J connectivity index is 2.70. The van der Waals surface area contributed by atoms with Crippen LogP contribution < -0.4 is 0 Å². The first kappa shape index (κ1) is 16.8. The van der Waals surface area contributed by atoms with Crippen molar-refractivity contribution in [1.29, 1.82) is 0 Å². The molecule has 0 radical (unpaired) electrons. The molecule has 0 nitrogen and oxygen atoms in total. The summed E-state index contributed by atoms with van der Waals surface area (Å²) >= 11 is 0. The third kappa shape index (κ3) is 2.60. The fourth-order valence-corrected chi connectivity index (χ4v) is 4.45. The molecule has 0 saturated heterocycles. The zero-order valence-electron chi connectivity index (χ0n) is 15.0. The summed E-state index contributed by atoms with van der Waals surface area (Å²) in [5.74, 6) is 0.582.